The van der Waals surface area contributed by atoms with Crippen LogP contribution in [0.5, 0.6) is 0 Å². The van der Waals surface area contributed by atoms with E-state index in [-0.39, 0.29) is 0 Å². The highest BCUT2D eigenvalue weighted by Crippen LogP contribution is 2.30. The molecule has 9 heteroatoms. The first-order valence-electron chi connectivity index (χ1n) is 14.2. The van der Waals surface area contributed by atoms with E-state index < -0.39 is 11.7 Å². The van der Waals surface area contributed by atoms with Crippen LogP contribution in [0.4, 0.5) is 13.2 Å². The van der Waals surface area contributed by atoms with Crippen molar-refractivity contribution in [1.82, 2.24) is 20.6 Å². The lowest BCUT2D eigenvalue weighted by Gasteiger charge is -2.08. The number of aromatic nitrogens is 2. The molecule has 0 saturated heterocycles. The molecule has 3 aromatic carbocycles. The maximum Gasteiger partial charge on any atom is 0.416 e. The Hall–Kier alpha value is -3.69. The van der Waals surface area contributed by atoms with E-state index in [0.29, 0.717) is 12.4 Å². The van der Waals surface area contributed by atoms with E-state index in [1.54, 1.807) is 0 Å². The fourth-order valence-corrected chi connectivity index (χ4v) is 5.20. The van der Waals surface area contributed by atoms with E-state index in [1.165, 1.54) is 35.0 Å². The zero-order valence-electron chi connectivity index (χ0n) is 24.1. The van der Waals surface area contributed by atoms with Crippen molar-refractivity contribution in [3.63, 3.8) is 0 Å². The summed E-state index contributed by atoms with van der Waals surface area (Å²) in [5.41, 5.74) is 6.21. The molecule has 5 rings (SSSR count). The molecular formula is C35H34ClF3N4S. The van der Waals surface area contributed by atoms with E-state index >= 15 is 0 Å². The number of benzene rings is 3. The molecule has 0 aliphatic carbocycles. The summed E-state index contributed by atoms with van der Waals surface area (Å²) in [6, 6.07) is 29.9. The second kappa shape index (κ2) is 17.6. The van der Waals surface area contributed by atoms with Crippen LogP contribution in [0.1, 0.15) is 16.7 Å². The Kier molecular flexibility index (Phi) is 13.3. The van der Waals surface area contributed by atoms with Crippen LogP contribution < -0.4 is 10.6 Å². The van der Waals surface area contributed by atoms with Gasteiger partial charge in [-0.3, -0.25) is 9.97 Å². The Morgan fingerprint density at radius 3 is 1.59 bits per heavy atom. The van der Waals surface area contributed by atoms with Gasteiger partial charge in [0.15, 0.2) is 0 Å². The predicted octanol–water partition coefficient (Wildman–Crippen LogP) is 8.73. The molecule has 228 valence electrons. The van der Waals surface area contributed by atoms with Crippen LogP contribution in [0.3, 0.4) is 0 Å². The zero-order valence-corrected chi connectivity index (χ0v) is 25.7. The molecule has 0 fully saturated rings. The normalized spacial score (nSPS) is 11.1. The van der Waals surface area contributed by atoms with Crippen molar-refractivity contribution >= 4 is 23.4 Å². The smallest absolute Gasteiger partial charge is 0.312 e. The minimum Gasteiger partial charge on any atom is -0.312 e. The van der Waals surface area contributed by atoms with Gasteiger partial charge in [0.25, 0.3) is 0 Å². The Labute approximate surface area is 266 Å². The van der Waals surface area contributed by atoms with Crippen molar-refractivity contribution in [2.45, 2.75) is 24.2 Å². The molecule has 5 aromatic rings. The monoisotopic (exact) mass is 634 g/mol. The Bertz CT molecular complexity index is 1540. The van der Waals surface area contributed by atoms with Crippen LogP contribution in [0.2, 0.25) is 0 Å². The van der Waals surface area contributed by atoms with E-state index in [9.17, 15) is 13.2 Å². The minimum absolute atomic E-state index is 0.615. The van der Waals surface area contributed by atoms with E-state index in [4.69, 9.17) is 11.6 Å². The molecular weight excluding hydrogens is 601 g/mol. The van der Waals surface area contributed by atoms with Crippen molar-refractivity contribution in [2.24, 2.45) is 0 Å². The number of alkyl halides is 4. The number of hydrogen-bond acceptors (Lipinski definition) is 5. The lowest BCUT2D eigenvalue weighted by Crippen LogP contribution is -2.16. The number of thioether (sulfide) groups is 1. The summed E-state index contributed by atoms with van der Waals surface area (Å²) in [4.78, 5) is 9.40. The van der Waals surface area contributed by atoms with Gasteiger partial charge in [-0.2, -0.15) is 13.2 Å². The molecule has 0 amide bonds. The summed E-state index contributed by atoms with van der Waals surface area (Å²) in [7, 11) is 0. The van der Waals surface area contributed by atoms with Crippen molar-refractivity contribution < 1.29 is 13.2 Å². The van der Waals surface area contributed by atoms with Crippen LogP contribution in [-0.2, 0) is 19.3 Å². The fraction of sp³-hybridized carbons (Fsp3) is 0.200. The number of rotatable bonds is 12. The number of nitrogens with one attached hydrogen (secondary N) is 2. The van der Waals surface area contributed by atoms with Gasteiger partial charge in [-0.1, -0.05) is 60.7 Å². The summed E-state index contributed by atoms with van der Waals surface area (Å²) in [6.07, 6.45) is 3.17. The maximum absolute atomic E-state index is 12.5. The average molecular weight is 635 g/mol. The quantitative estimate of drug-likeness (QED) is 0.0817. The van der Waals surface area contributed by atoms with Crippen LogP contribution in [0, 0.1) is 0 Å². The van der Waals surface area contributed by atoms with Crippen LogP contribution in [0.25, 0.3) is 22.3 Å². The minimum atomic E-state index is -4.28. The summed E-state index contributed by atoms with van der Waals surface area (Å²) in [5, 5.41) is 6.60. The molecule has 2 aromatic heterocycles. The van der Waals surface area contributed by atoms with Crippen molar-refractivity contribution in [3.05, 3.63) is 139 Å². The lowest BCUT2D eigenvalue weighted by molar-refractivity contribution is -0.137. The molecule has 2 N–H and O–H groups in total. The van der Waals surface area contributed by atoms with E-state index in [2.05, 4.69) is 57.0 Å². The summed E-state index contributed by atoms with van der Waals surface area (Å²) in [6.45, 7) is 3.07. The van der Waals surface area contributed by atoms with E-state index in [0.717, 1.165) is 64.7 Å². The number of hydrogen-bond donors (Lipinski definition) is 2. The van der Waals surface area contributed by atoms with Crippen LogP contribution >= 0.6 is 23.4 Å². The maximum atomic E-state index is 12.5. The largest absolute Gasteiger partial charge is 0.416 e. The Morgan fingerprint density at radius 2 is 1.11 bits per heavy atom. The number of halogens is 4. The molecule has 0 aliphatic heterocycles. The van der Waals surface area contributed by atoms with Gasteiger partial charge in [-0.15, -0.1) is 23.4 Å². The standard InChI is InChI=1S/C21H19F3N2S.C14H15ClN2/c22-21(23,24)19-6-8-20(9-7-19)27-11-10-25-13-16-12-18(15-26-14-16)17-4-2-1-3-5-17;15-6-7-16-9-12-8-14(11-17-10-12)13-4-2-1-3-5-13/h1-9,12,14-15,25H,10-11,13H2;1-5,8,10-11,16H,6-7,9H2. The predicted molar refractivity (Wildman–Crippen MR) is 176 cm³/mol. The van der Waals surface area contributed by atoms with Crippen LogP contribution in [-0.4, -0.2) is 34.7 Å². The SMILES string of the molecule is ClCCNCc1cncc(-c2ccccc2)c1.FC(F)(F)c1ccc(SCCNCc2cncc(-c3ccccc3)c2)cc1. The molecule has 0 aliphatic rings. The van der Waals surface area contributed by atoms with Gasteiger partial charge < -0.3 is 10.6 Å². The highest BCUT2D eigenvalue weighted by Gasteiger charge is 2.29. The molecule has 0 saturated carbocycles. The first-order valence-corrected chi connectivity index (χ1v) is 15.7. The summed E-state index contributed by atoms with van der Waals surface area (Å²) in [5.74, 6) is 1.41. The zero-order chi connectivity index (χ0) is 31.0. The van der Waals surface area contributed by atoms with Gasteiger partial charge >= 0.3 is 6.18 Å². The fourth-order valence-electron chi connectivity index (χ4n) is 4.26. The summed E-state index contributed by atoms with van der Waals surface area (Å²) >= 11 is 7.15. The van der Waals surface area contributed by atoms with E-state index in [1.807, 2.05) is 61.2 Å². The molecule has 2 heterocycles. The third-order valence-electron chi connectivity index (χ3n) is 6.46. The van der Waals surface area contributed by atoms with Gasteiger partial charge in [0.05, 0.1) is 5.56 Å². The van der Waals surface area contributed by atoms with Crippen molar-refractivity contribution in [1.29, 1.82) is 0 Å². The highest BCUT2D eigenvalue weighted by molar-refractivity contribution is 7.99. The molecule has 4 nitrogen and oxygen atoms in total. The van der Waals surface area contributed by atoms with Gasteiger partial charge in [-0.25, -0.2) is 0 Å². The molecule has 0 radical (unpaired) electrons. The number of nitrogens with zero attached hydrogens (tertiary/aromatic N) is 2. The Balaban J connectivity index is 0.000000223. The molecule has 0 spiro atoms. The molecule has 0 atom stereocenters. The van der Waals surface area contributed by atoms with Crippen LogP contribution in [0.15, 0.2) is 127 Å². The molecule has 0 bridgehead atoms. The van der Waals surface area contributed by atoms with Gasteiger partial charge in [0.2, 0.25) is 0 Å². The average Bonchev–Trinajstić information content (AvgIpc) is 3.06. The number of pyridine rings is 2. The Morgan fingerprint density at radius 1 is 0.614 bits per heavy atom. The van der Waals surface area contributed by atoms with Gasteiger partial charge in [0, 0.05) is 78.6 Å². The topological polar surface area (TPSA) is 49.8 Å². The van der Waals surface area contributed by atoms with Gasteiger partial charge in [-0.05, 0) is 58.7 Å². The van der Waals surface area contributed by atoms with Crippen molar-refractivity contribution in [3.8, 4) is 22.3 Å². The lowest BCUT2D eigenvalue weighted by atomic mass is 10.1. The second-order valence-electron chi connectivity index (χ2n) is 9.81. The molecule has 44 heavy (non-hydrogen) atoms. The van der Waals surface area contributed by atoms with Crippen molar-refractivity contribution in [2.75, 3.05) is 24.7 Å². The third-order valence-corrected chi connectivity index (χ3v) is 7.67. The third kappa shape index (κ3) is 11.1. The summed E-state index contributed by atoms with van der Waals surface area (Å²) < 4.78 is 37.6. The first kappa shape index (κ1) is 33.2. The second-order valence-corrected chi connectivity index (χ2v) is 11.4. The molecule has 0 unspecified atom stereocenters. The first-order chi connectivity index (χ1) is 21.4. The van der Waals surface area contributed by atoms with Gasteiger partial charge in [0.1, 0.15) is 0 Å². The highest BCUT2D eigenvalue weighted by atomic mass is 35.5.